The third-order valence-electron chi connectivity index (χ3n) is 3.97. The van der Waals surface area contributed by atoms with Gasteiger partial charge in [-0.05, 0) is 37.0 Å². The molecule has 1 N–H and O–H groups in total. The maximum atomic E-state index is 12.6. The Hall–Kier alpha value is -1.56. The van der Waals surface area contributed by atoms with E-state index in [-0.39, 0.29) is 12.2 Å². The lowest BCUT2D eigenvalue weighted by Gasteiger charge is -2.14. The van der Waals surface area contributed by atoms with Gasteiger partial charge in [0.2, 0.25) is 0 Å². The Kier molecular flexibility index (Phi) is 5.45. The molecule has 1 fully saturated rings. The summed E-state index contributed by atoms with van der Waals surface area (Å²) in [4.78, 5) is 11.7. The number of rotatable bonds is 5. The van der Waals surface area contributed by atoms with Crippen LogP contribution in [0.1, 0.15) is 44.1 Å². The molecule has 0 amide bonds. The van der Waals surface area contributed by atoms with Gasteiger partial charge in [0, 0.05) is 0 Å². The number of esters is 1. The van der Waals surface area contributed by atoms with Crippen molar-refractivity contribution in [1.82, 2.24) is 0 Å². The lowest BCUT2D eigenvalue weighted by Crippen LogP contribution is -2.26. The molecule has 122 valence electrons. The Bertz CT molecular complexity index is 508. The summed E-state index contributed by atoms with van der Waals surface area (Å²) in [5, 5.41) is 9.77. The fraction of sp³-hybridized carbons (Fsp3) is 0.562. The molecule has 1 aliphatic rings. The molecule has 2 rings (SSSR count). The summed E-state index contributed by atoms with van der Waals surface area (Å²) in [6.07, 6.45) is -0.212. The molecule has 22 heavy (non-hydrogen) atoms. The van der Waals surface area contributed by atoms with Crippen LogP contribution in [0, 0.1) is 5.92 Å². The summed E-state index contributed by atoms with van der Waals surface area (Å²) in [5.74, 6) is -0.590. The zero-order valence-corrected chi connectivity index (χ0v) is 12.1. The van der Waals surface area contributed by atoms with E-state index in [1.807, 2.05) is 0 Å². The first-order chi connectivity index (χ1) is 10.4. The molecule has 0 bridgehead atoms. The minimum absolute atomic E-state index is 0.209. The molecule has 1 saturated carbocycles. The quantitative estimate of drug-likeness (QED) is 0.661. The van der Waals surface area contributed by atoms with Crippen LogP contribution in [0.25, 0.3) is 0 Å². The van der Waals surface area contributed by atoms with Crippen molar-refractivity contribution in [3.05, 3.63) is 29.8 Å². The summed E-state index contributed by atoms with van der Waals surface area (Å²) in [6.45, 7) is 0. The predicted octanol–water partition coefficient (Wildman–Crippen LogP) is 3.94. The van der Waals surface area contributed by atoms with E-state index in [9.17, 15) is 23.1 Å². The smallest absolute Gasteiger partial charge is 0.416 e. The van der Waals surface area contributed by atoms with E-state index >= 15 is 0 Å². The van der Waals surface area contributed by atoms with Crippen LogP contribution in [0.2, 0.25) is 0 Å². The van der Waals surface area contributed by atoms with Gasteiger partial charge >= 0.3 is 12.1 Å². The number of aliphatic hydroxyl groups is 1. The van der Waals surface area contributed by atoms with Gasteiger partial charge in [0.05, 0.1) is 5.56 Å². The van der Waals surface area contributed by atoms with Crippen molar-refractivity contribution in [2.75, 3.05) is 0 Å². The highest BCUT2D eigenvalue weighted by Gasteiger charge is 2.31. The average molecular weight is 316 g/mol. The first kappa shape index (κ1) is 16.8. The summed E-state index contributed by atoms with van der Waals surface area (Å²) in [7, 11) is 0. The zero-order valence-electron chi connectivity index (χ0n) is 12.1. The highest BCUT2D eigenvalue weighted by atomic mass is 19.4. The van der Waals surface area contributed by atoms with Gasteiger partial charge in [-0.3, -0.25) is 0 Å². The molecule has 0 heterocycles. The summed E-state index contributed by atoms with van der Waals surface area (Å²) in [6, 6.07) is 4.07. The van der Waals surface area contributed by atoms with Gasteiger partial charge in [0.15, 0.2) is 6.10 Å². The maximum Gasteiger partial charge on any atom is 0.416 e. The normalized spacial score (nSPS) is 17.5. The molecule has 1 aromatic carbocycles. The fourth-order valence-electron chi connectivity index (χ4n) is 2.73. The van der Waals surface area contributed by atoms with Crippen LogP contribution in [0.15, 0.2) is 24.3 Å². The number of benzene rings is 1. The van der Waals surface area contributed by atoms with Crippen LogP contribution in [0.4, 0.5) is 13.2 Å². The van der Waals surface area contributed by atoms with Crippen molar-refractivity contribution in [1.29, 1.82) is 0 Å². The number of aliphatic hydroxyl groups excluding tert-OH is 1. The van der Waals surface area contributed by atoms with Crippen molar-refractivity contribution in [3.63, 3.8) is 0 Å². The number of alkyl halides is 3. The summed E-state index contributed by atoms with van der Waals surface area (Å²) < 4.78 is 42.5. The molecule has 0 aromatic heterocycles. The lowest BCUT2D eigenvalue weighted by atomic mass is 10.00. The molecule has 1 aliphatic carbocycles. The Morgan fingerprint density at radius 2 is 2.00 bits per heavy atom. The highest BCUT2D eigenvalue weighted by Crippen LogP contribution is 2.32. The van der Waals surface area contributed by atoms with Crippen molar-refractivity contribution < 1.29 is 27.8 Å². The molecule has 0 spiro atoms. The third-order valence-corrected chi connectivity index (χ3v) is 3.97. The van der Waals surface area contributed by atoms with Crippen LogP contribution in [0.3, 0.4) is 0 Å². The highest BCUT2D eigenvalue weighted by molar-refractivity contribution is 5.76. The van der Waals surface area contributed by atoms with Gasteiger partial charge in [0.25, 0.3) is 0 Å². The van der Waals surface area contributed by atoms with Gasteiger partial charge in [-0.15, -0.1) is 0 Å². The topological polar surface area (TPSA) is 46.5 Å². The van der Waals surface area contributed by atoms with Crippen LogP contribution in [0.5, 0.6) is 5.75 Å². The summed E-state index contributed by atoms with van der Waals surface area (Å²) >= 11 is 0. The maximum absolute atomic E-state index is 12.6. The van der Waals surface area contributed by atoms with Gasteiger partial charge < -0.3 is 9.84 Å². The molecular weight excluding hydrogens is 297 g/mol. The van der Waals surface area contributed by atoms with E-state index in [4.69, 9.17) is 4.74 Å². The van der Waals surface area contributed by atoms with E-state index < -0.39 is 23.8 Å². The Balaban J connectivity index is 1.87. The van der Waals surface area contributed by atoms with Crippen molar-refractivity contribution in [3.8, 4) is 5.75 Å². The largest absolute Gasteiger partial charge is 0.425 e. The van der Waals surface area contributed by atoms with Crippen molar-refractivity contribution in [2.45, 2.75) is 50.8 Å². The van der Waals surface area contributed by atoms with Gasteiger partial charge in [-0.25, -0.2) is 4.79 Å². The molecular formula is C16H19F3O3. The van der Waals surface area contributed by atoms with Gasteiger partial charge in [-0.1, -0.05) is 31.7 Å². The molecule has 1 atom stereocenters. The van der Waals surface area contributed by atoms with E-state index in [2.05, 4.69) is 0 Å². The van der Waals surface area contributed by atoms with E-state index in [1.54, 1.807) is 0 Å². The molecule has 3 nitrogen and oxygen atoms in total. The minimum Gasteiger partial charge on any atom is -0.425 e. The van der Waals surface area contributed by atoms with E-state index in [1.165, 1.54) is 18.9 Å². The van der Waals surface area contributed by atoms with E-state index in [0.29, 0.717) is 5.92 Å². The zero-order chi connectivity index (χ0) is 16.2. The molecule has 0 saturated heterocycles. The number of hydrogen-bond donors (Lipinski definition) is 1. The van der Waals surface area contributed by atoms with Crippen LogP contribution in [-0.4, -0.2) is 17.2 Å². The van der Waals surface area contributed by atoms with E-state index in [0.717, 1.165) is 37.5 Å². The van der Waals surface area contributed by atoms with Crippen LogP contribution < -0.4 is 4.74 Å². The standard InChI is InChI=1S/C16H19F3O3/c17-16(18,19)12-6-3-7-13(10-12)22-15(21)14(20)9-8-11-4-1-2-5-11/h3,6-7,10-11,14,20H,1-2,4-5,8-9H2. The third kappa shape index (κ3) is 4.73. The molecule has 0 radical (unpaired) electrons. The first-order valence-electron chi connectivity index (χ1n) is 7.43. The summed E-state index contributed by atoms with van der Waals surface area (Å²) in [5.41, 5.74) is -0.891. The van der Waals surface area contributed by atoms with Crippen molar-refractivity contribution in [2.24, 2.45) is 5.92 Å². The fourth-order valence-corrected chi connectivity index (χ4v) is 2.73. The Labute approximate surface area is 127 Å². The van der Waals surface area contributed by atoms with Gasteiger partial charge in [-0.2, -0.15) is 13.2 Å². The van der Waals surface area contributed by atoms with Crippen LogP contribution in [-0.2, 0) is 11.0 Å². The second kappa shape index (κ2) is 7.13. The number of halogens is 3. The SMILES string of the molecule is O=C(Oc1cccc(C(F)(F)F)c1)C(O)CCC1CCCC1. The Morgan fingerprint density at radius 1 is 1.32 bits per heavy atom. The second-order valence-electron chi connectivity index (χ2n) is 5.69. The Morgan fingerprint density at radius 3 is 2.64 bits per heavy atom. The number of ether oxygens (including phenoxy) is 1. The molecule has 1 aromatic rings. The number of hydrogen-bond acceptors (Lipinski definition) is 3. The minimum atomic E-state index is -4.50. The number of carbonyl (C=O) groups is 1. The predicted molar refractivity (Wildman–Crippen MR) is 74.3 cm³/mol. The average Bonchev–Trinajstić information content (AvgIpc) is 2.97. The van der Waals surface area contributed by atoms with Crippen LogP contribution >= 0.6 is 0 Å². The molecule has 1 unspecified atom stereocenters. The monoisotopic (exact) mass is 316 g/mol. The lowest BCUT2D eigenvalue weighted by molar-refractivity contribution is -0.145. The van der Waals surface area contributed by atoms with Gasteiger partial charge in [0.1, 0.15) is 5.75 Å². The van der Waals surface area contributed by atoms with Crippen molar-refractivity contribution >= 4 is 5.97 Å². The molecule has 0 aliphatic heterocycles. The number of carbonyl (C=O) groups excluding carboxylic acids is 1. The molecule has 6 heteroatoms. The second-order valence-corrected chi connectivity index (χ2v) is 5.69. The first-order valence-corrected chi connectivity index (χ1v) is 7.43.